The fourth-order valence-corrected chi connectivity index (χ4v) is 3.85. The molecule has 1 N–H and O–H groups in total. The first-order valence-electron chi connectivity index (χ1n) is 8.29. The van der Waals surface area contributed by atoms with Crippen LogP contribution in [0.25, 0.3) is 0 Å². The van der Waals surface area contributed by atoms with E-state index in [1.807, 2.05) is 22.8 Å². The lowest BCUT2D eigenvalue weighted by atomic mass is 9.78. The summed E-state index contributed by atoms with van der Waals surface area (Å²) in [5.74, 6) is 0.226. The van der Waals surface area contributed by atoms with Gasteiger partial charge in [0.05, 0.1) is 17.6 Å². The molecule has 0 aromatic carbocycles. The van der Waals surface area contributed by atoms with Gasteiger partial charge in [0.25, 0.3) is 5.91 Å². The number of ether oxygens (including phenoxy) is 1. The predicted molar refractivity (Wildman–Crippen MR) is 86.2 cm³/mol. The molecule has 1 spiro atoms. The lowest BCUT2D eigenvalue weighted by Gasteiger charge is -2.39. The van der Waals surface area contributed by atoms with Crippen LogP contribution < -0.4 is 0 Å². The first-order valence-corrected chi connectivity index (χ1v) is 8.29. The smallest absolute Gasteiger partial charge is 0.255 e. The van der Waals surface area contributed by atoms with Crippen molar-refractivity contribution in [3.8, 4) is 0 Å². The third kappa shape index (κ3) is 2.87. The van der Waals surface area contributed by atoms with Gasteiger partial charge in [0.1, 0.15) is 0 Å². The van der Waals surface area contributed by atoms with Gasteiger partial charge in [0.15, 0.2) is 0 Å². The summed E-state index contributed by atoms with van der Waals surface area (Å²) in [4.78, 5) is 32.4. The second-order valence-electron chi connectivity index (χ2n) is 6.66. The van der Waals surface area contributed by atoms with Gasteiger partial charge in [-0.1, -0.05) is 0 Å². The first kappa shape index (κ1) is 16.1. The van der Waals surface area contributed by atoms with Gasteiger partial charge < -0.3 is 19.5 Å². The first-order chi connectivity index (χ1) is 11.1. The molecule has 1 aromatic rings. The number of carbonyl (C=O) groups is 2. The van der Waals surface area contributed by atoms with E-state index in [9.17, 15) is 9.59 Å². The van der Waals surface area contributed by atoms with Crippen molar-refractivity contribution >= 4 is 11.8 Å². The van der Waals surface area contributed by atoms with Gasteiger partial charge in [0, 0.05) is 45.2 Å². The van der Waals surface area contributed by atoms with E-state index in [-0.39, 0.29) is 17.2 Å². The minimum absolute atomic E-state index is 0.0300. The van der Waals surface area contributed by atoms with Crippen LogP contribution >= 0.6 is 0 Å². The molecule has 2 aliphatic rings. The molecule has 0 saturated carbocycles. The highest BCUT2D eigenvalue weighted by Crippen LogP contribution is 2.40. The number of aromatic nitrogens is 1. The molecule has 6 heteroatoms. The summed E-state index contributed by atoms with van der Waals surface area (Å²) < 4.78 is 5.10. The Balaban J connectivity index is 1.71. The number of nitrogens with one attached hydrogen (secondary N) is 1. The summed E-state index contributed by atoms with van der Waals surface area (Å²) in [6.45, 7) is 5.10. The number of hydrogen-bond donors (Lipinski definition) is 1. The van der Waals surface area contributed by atoms with Crippen LogP contribution in [0.5, 0.6) is 0 Å². The van der Waals surface area contributed by atoms with E-state index >= 15 is 0 Å². The van der Waals surface area contributed by atoms with Crippen LogP contribution in [-0.2, 0) is 9.53 Å². The summed E-state index contributed by atoms with van der Waals surface area (Å²) in [6, 6.07) is 1.82. The van der Waals surface area contributed by atoms with Crippen LogP contribution in [0.15, 0.2) is 12.3 Å². The molecule has 2 fully saturated rings. The zero-order chi connectivity index (χ0) is 16.4. The minimum Gasteiger partial charge on any atom is -0.383 e. The van der Waals surface area contributed by atoms with E-state index < -0.39 is 0 Å². The van der Waals surface area contributed by atoms with Crippen molar-refractivity contribution in [2.75, 3.05) is 39.9 Å². The molecule has 1 aromatic heterocycles. The molecule has 3 heterocycles. The third-order valence-electron chi connectivity index (χ3n) is 5.21. The summed E-state index contributed by atoms with van der Waals surface area (Å²) in [6.07, 6.45) is 4.43. The zero-order valence-electron chi connectivity index (χ0n) is 13.9. The largest absolute Gasteiger partial charge is 0.383 e. The molecule has 0 radical (unpaired) electrons. The molecule has 0 aliphatic carbocycles. The third-order valence-corrected chi connectivity index (χ3v) is 5.21. The maximum Gasteiger partial charge on any atom is 0.255 e. The fraction of sp³-hybridized carbons (Fsp3) is 0.647. The zero-order valence-corrected chi connectivity index (χ0v) is 13.9. The quantitative estimate of drug-likeness (QED) is 0.913. The Hall–Kier alpha value is -1.82. The van der Waals surface area contributed by atoms with Crippen LogP contribution in [0, 0.1) is 12.3 Å². The van der Waals surface area contributed by atoms with Crippen molar-refractivity contribution in [2.24, 2.45) is 5.41 Å². The number of aryl methyl sites for hydroxylation is 1. The van der Waals surface area contributed by atoms with E-state index in [1.54, 1.807) is 13.3 Å². The molecule has 2 amide bonds. The Morgan fingerprint density at radius 3 is 2.91 bits per heavy atom. The van der Waals surface area contributed by atoms with Crippen molar-refractivity contribution in [1.82, 2.24) is 14.8 Å². The molecule has 23 heavy (non-hydrogen) atoms. The number of carbonyl (C=O) groups excluding carboxylic acids is 2. The van der Waals surface area contributed by atoms with E-state index in [1.165, 1.54) is 0 Å². The predicted octanol–water partition coefficient (Wildman–Crippen LogP) is 1.42. The van der Waals surface area contributed by atoms with Crippen molar-refractivity contribution in [2.45, 2.75) is 26.2 Å². The van der Waals surface area contributed by atoms with Gasteiger partial charge in [-0.2, -0.15) is 0 Å². The Morgan fingerprint density at radius 1 is 1.39 bits per heavy atom. The molecular formula is C17H25N3O3. The Bertz CT molecular complexity index is 598. The van der Waals surface area contributed by atoms with Crippen molar-refractivity contribution in [3.05, 3.63) is 23.5 Å². The lowest BCUT2D eigenvalue weighted by molar-refractivity contribution is -0.146. The highest BCUT2D eigenvalue weighted by Gasteiger charge is 2.49. The monoisotopic (exact) mass is 319 g/mol. The number of aromatic amines is 1. The minimum atomic E-state index is -0.383. The van der Waals surface area contributed by atoms with Gasteiger partial charge in [0.2, 0.25) is 5.91 Å². The normalized spacial score (nSPS) is 24.7. The average molecular weight is 319 g/mol. The fourth-order valence-electron chi connectivity index (χ4n) is 3.85. The number of piperidine rings is 1. The molecule has 0 unspecified atom stereocenters. The van der Waals surface area contributed by atoms with Gasteiger partial charge >= 0.3 is 0 Å². The van der Waals surface area contributed by atoms with Gasteiger partial charge in [-0.15, -0.1) is 0 Å². The number of amides is 2. The number of H-pyrrole nitrogens is 1. The number of rotatable bonds is 4. The van der Waals surface area contributed by atoms with Crippen molar-refractivity contribution in [3.63, 3.8) is 0 Å². The molecule has 1 atom stereocenters. The Kier molecular flexibility index (Phi) is 4.43. The standard InChI is InChI=1S/C17H25N3O3/c1-13-14(4-7-18-13)15(21)20-9-6-17(12-20)5-3-8-19(16(17)22)10-11-23-2/h4,7,18H,3,5-6,8-12H2,1-2H3/t17-/m0/s1. The van der Waals surface area contributed by atoms with E-state index in [0.717, 1.165) is 31.5 Å². The Morgan fingerprint density at radius 2 is 2.22 bits per heavy atom. The van der Waals surface area contributed by atoms with E-state index in [4.69, 9.17) is 4.74 Å². The second-order valence-corrected chi connectivity index (χ2v) is 6.66. The van der Waals surface area contributed by atoms with E-state index in [2.05, 4.69) is 4.98 Å². The Labute approximate surface area is 136 Å². The molecule has 2 saturated heterocycles. The van der Waals surface area contributed by atoms with Gasteiger partial charge in [-0.3, -0.25) is 9.59 Å². The lowest BCUT2D eigenvalue weighted by Crippen LogP contribution is -2.51. The number of nitrogens with zero attached hydrogens (tertiary/aromatic N) is 2. The van der Waals surface area contributed by atoms with Crippen LogP contribution in [0.1, 0.15) is 35.3 Å². The van der Waals surface area contributed by atoms with Crippen LogP contribution in [0.4, 0.5) is 0 Å². The number of likely N-dealkylation sites (tertiary alicyclic amines) is 2. The number of hydrogen-bond acceptors (Lipinski definition) is 3. The van der Waals surface area contributed by atoms with E-state index in [0.29, 0.717) is 31.8 Å². The van der Waals surface area contributed by atoms with Crippen LogP contribution in [-0.4, -0.2) is 66.5 Å². The van der Waals surface area contributed by atoms with Crippen LogP contribution in [0.3, 0.4) is 0 Å². The van der Waals surface area contributed by atoms with Crippen molar-refractivity contribution < 1.29 is 14.3 Å². The molecule has 2 aliphatic heterocycles. The summed E-state index contributed by atoms with van der Waals surface area (Å²) >= 11 is 0. The molecule has 0 bridgehead atoms. The highest BCUT2D eigenvalue weighted by molar-refractivity contribution is 5.96. The van der Waals surface area contributed by atoms with Crippen molar-refractivity contribution in [1.29, 1.82) is 0 Å². The number of methoxy groups -OCH3 is 1. The molecule has 3 rings (SSSR count). The average Bonchev–Trinajstić information content (AvgIpc) is 3.16. The topological polar surface area (TPSA) is 65.6 Å². The molecule has 6 nitrogen and oxygen atoms in total. The summed E-state index contributed by atoms with van der Waals surface area (Å²) in [5, 5.41) is 0. The maximum absolute atomic E-state index is 12.9. The van der Waals surface area contributed by atoms with Gasteiger partial charge in [-0.05, 0) is 32.3 Å². The maximum atomic E-state index is 12.9. The summed E-state index contributed by atoms with van der Waals surface area (Å²) in [5.41, 5.74) is 1.21. The molecule has 126 valence electrons. The SMILES string of the molecule is COCCN1CCC[C@@]2(CCN(C(=O)c3cc[nH]c3C)C2)C1=O. The van der Waals surface area contributed by atoms with Crippen LogP contribution in [0.2, 0.25) is 0 Å². The highest BCUT2D eigenvalue weighted by atomic mass is 16.5. The summed E-state index contributed by atoms with van der Waals surface area (Å²) in [7, 11) is 1.65. The molecular weight excluding hydrogens is 294 g/mol. The van der Waals surface area contributed by atoms with Gasteiger partial charge in [-0.25, -0.2) is 0 Å². The second kappa shape index (κ2) is 6.35.